The number of hydrogen-bond donors (Lipinski definition) is 4. The number of benzene rings is 1. The molecule has 3 rings (SSSR count). The van der Waals surface area contributed by atoms with E-state index >= 15 is 0 Å². The van der Waals surface area contributed by atoms with Gasteiger partial charge in [-0.1, -0.05) is 23.8 Å². The number of carbonyl (C=O) groups excluding carboxylic acids is 2. The van der Waals surface area contributed by atoms with Crippen LogP contribution < -0.4 is 20.4 Å². The van der Waals surface area contributed by atoms with Crippen molar-refractivity contribution in [2.45, 2.75) is 26.8 Å². The van der Waals surface area contributed by atoms with Gasteiger partial charge in [0, 0.05) is 0 Å². The Hall–Kier alpha value is -2.38. The van der Waals surface area contributed by atoms with Gasteiger partial charge < -0.3 is 25.2 Å². The maximum atomic E-state index is 12.9. The number of carbonyl (C=O) groups is 2. The summed E-state index contributed by atoms with van der Waals surface area (Å²) in [6.45, 7) is 10.9. The lowest BCUT2D eigenvalue weighted by Gasteiger charge is -2.33. The van der Waals surface area contributed by atoms with Gasteiger partial charge >= 0.3 is 12.0 Å². The number of nitrogens with one attached hydrogen (secondary N) is 4. The Morgan fingerprint density at radius 1 is 1.21 bits per heavy atom. The predicted octanol–water partition coefficient (Wildman–Crippen LogP) is -1.11. The molecule has 152 valence electrons. The molecular weight excluding hydrogens is 356 g/mol. The number of likely N-dealkylation sites (N-methyl/N-ethyl adjacent to an activating group) is 1. The molecule has 0 aromatic heterocycles. The molecule has 2 aliphatic heterocycles. The van der Waals surface area contributed by atoms with Crippen LogP contribution in [-0.4, -0.2) is 58.4 Å². The highest BCUT2D eigenvalue weighted by molar-refractivity contribution is 5.95. The third-order valence-corrected chi connectivity index (χ3v) is 5.63. The molecule has 1 saturated heterocycles. The van der Waals surface area contributed by atoms with E-state index < -0.39 is 6.04 Å². The third-order valence-electron chi connectivity index (χ3n) is 5.63. The molecule has 2 aliphatic rings. The second kappa shape index (κ2) is 8.75. The summed E-state index contributed by atoms with van der Waals surface area (Å²) in [5.74, 6) is -0.366. The van der Waals surface area contributed by atoms with Crippen molar-refractivity contribution in [1.82, 2.24) is 10.6 Å². The topological polar surface area (TPSA) is 76.3 Å². The van der Waals surface area contributed by atoms with Gasteiger partial charge in [0.15, 0.2) is 0 Å². The Kier molecular flexibility index (Phi) is 6.36. The highest BCUT2D eigenvalue weighted by atomic mass is 16.5. The number of urea groups is 1. The van der Waals surface area contributed by atoms with E-state index in [9.17, 15) is 9.59 Å². The maximum Gasteiger partial charge on any atom is 0.338 e. The number of amides is 2. The first-order valence-corrected chi connectivity index (χ1v) is 10.1. The van der Waals surface area contributed by atoms with Crippen LogP contribution in [0, 0.1) is 13.8 Å². The van der Waals surface area contributed by atoms with E-state index in [0.29, 0.717) is 24.4 Å². The summed E-state index contributed by atoms with van der Waals surface area (Å²) in [5.41, 5.74) is 4.27. The van der Waals surface area contributed by atoms with Gasteiger partial charge in [0.1, 0.15) is 32.7 Å². The zero-order valence-electron chi connectivity index (χ0n) is 17.3. The number of rotatable bonds is 5. The van der Waals surface area contributed by atoms with E-state index in [1.807, 2.05) is 32.0 Å². The molecule has 0 spiro atoms. The van der Waals surface area contributed by atoms with Crippen LogP contribution in [0.1, 0.15) is 29.7 Å². The largest absolute Gasteiger partial charge is 0.463 e. The lowest BCUT2D eigenvalue weighted by Crippen LogP contribution is -3.27. The number of aryl methyl sites for hydroxylation is 2. The molecule has 7 heteroatoms. The molecule has 2 amide bonds. The van der Waals surface area contributed by atoms with Gasteiger partial charge in [-0.25, -0.2) is 9.59 Å². The SMILES string of the molecule is CCOC(=O)C1=C(C[NH+]2CC[NH+](C)CC2)NC(=O)N[C@H]1c1cc(C)ccc1C. The average Bonchev–Trinajstić information content (AvgIpc) is 2.65. The first-order chi connectivity index (χ1) is 13.4. The quantitative estimate of drug-likeness (QED) is 0.483. The Morgan fingerprint density at radius 3 is 2.61 bits per heavy atom. The van der Waals surface area contributed by atoms with Crippen molar-refractivity contribution in [3.05, 3.63) is 46.2 Å². The van der Waals surface area contributed by atoms with Crippen molar-refractivity contribution in [2.75, 3.05) is 46.4 Å². The summed E-state index contributed by atoms with van der Waals surface area (Å²) in [5, 5.41) is 5.84. The van der Waals surface area contributed by atoms with Crippen LogP contribution in [-0.2, 0) is 9.53 Å². The molecule has 7 nitrogen and oxygen atoms in total. The minimum atomic E-state index is -0.500. The minimum Gasteiger partial charge on any atom is -0.463 e. The molecule has 1 fully saturated rings. The third kappa shape index (κ3) is 4.54. The molecule has 1 aromatic rings. The van der Waals surface area contributed by atoms with Crippen molar-refractivity contribution < 1.29 is 24.1 Å². The van der Waals surface area contributed by atoms with Crippen LogP contribution >= 0.6 is 0 Å². The first kappa shape index (κ1) is 20.4. The zero-order valence-corrected chi connectivity index (χ0v) is 17.3. The van der Waals surface area contributed by atoms with Crippen LogP contribution in [0.3, 0.4) is 0 Å². The summed E-state index contributed by atoms with van der Waals surface area (Å²) in [4.78, 5) is 28.3. The average molecular weight is 389 g/mol. The van der Waals surface area contributed by atoms with Crippen molar-refractivity contribution >= 4 is 12.0 Å². The number of quaternary nitrogens is 2. The monoisotopic (exact) mass is 388 g/mol. The van der Waals surface area contributed by atoms with E-state index in [2.05, 4.69) is 17.7 Å². The highest BCUT2D eigenvalue weighted by Crippen LogP contribution is 2.30. The molecule has 28 heavy (non-hydrogen) atoms. The van der Waals surface area contributed by atoms with Crippen molar-refractivity contribution in [3.8, 4) is 0 Å². The fourth-order valence-electron chi connectivity index (χ4n) is 3.97. The Morgan fingerprint density at radius 2 is 1.93 bits per heavy atom. The number of esters is 1. The van der Waals surface area contributed by atoms with Crippen LogP contribution in [0.15, 0.2) is 29.5 Å². The van der Waals surface area contributed by atoms with Crippen molar-refractivity contribution in [3.63, 3.8) is 0 Å². The van der Waals surface area contributed by atoms with Gasteiger partial charge in [0.2, 0.25) is 0 Å². The highest BCUT2D eigenvalue weighted by Gasteiger charge is 2.36. The molecule has 0 saturated carbocycles. The van der Waals surface area contributed by atoms with E-state index in [0.717, 1.165) is 42.9 Å². The van der Waals surface area contributed by atoms with Gasteiger partial charge in [-0.3, -0.25) is 0 Å². The standard InChI is InChI=1S/C21H30N4O3/c1-5-28-20(26)18-17(13-25-10-8-24(4)9-11-25)22-21(27)23-19(18)16-12-14(2)6-7-15(16)3/h6-7,12,19H,5,8-11,13H2,1-4H3,(H2,22,23,27)/p+2/t19-/m0/s1. The second-order valence-corrected chi connectivity index (χ2v) is 7.89. The zero-order chi connectivity index (χ0) is 20.3. The predicted molar refractivity (Wildman–Crippen MR) is 106 cm³/mol. The molecule has 0 aliphatic carbocycles. The molecule has 0 unspecified atom stereocenters. The Bertz CT molecular complexity index is 782. The van der Waals surface area contributed by atoms with Gasteiger partial charge in [0.05, 0.1) is 31.0 Å². The van der Waals surface area contributed by atoms with Gasteiger partial charge in [-0.15, -0.1) is 0 Å². The van der Waals surface area contributed by atoms with Gasteiger partial charge in [0.25, 0.3) is 0 Å². The molecule has 0 radical (unpaired) electrons. The number of hydrogen-bond acceptors (Lipinski definition) is 3. The molecule has 2 heterocycles. The summed E-state index contributed by atoms with van der Waals surface area (Å²) in [6, 6.07) is 5.32. The molecular formula is C21H32N4O3+2. The molecule has 0 bridgehead atoms. The smallest absolute Gasteiger partial charge is 0.338 e. The summed E-state index contributed by atoms with van der Waals surface area (Å²) in [7, 11) is 2.20. The molecule has 1 aromatic carbocycles. The first-order valence-electron chi connectivity index (χ1n) is 10.1. The fourth-order valence-corrected chi connectivity index (χ4v) is 3.97. The normalized spacial score (nSPS) is 25.1. The fraction of sp³-hybridized carbons (Fsp3) is 0.524. The maximum absolute atomic E-state index is 12.9. The van der Waals surface area contributed by atoms with E-state index in [-0.39, 0.29) is 12.0 Å². The summed E-state index contributed by atoms with van der Waals surface area (Å²) in [6.07, 6.45) is 0. The van der Waals surface area contributed by atoms with Crippen molar-refractivity contribution in [1.29, 1.82) is 0 Å². The number of piperazine rings is 1. The summed E-state index contributed by atoms with van der Waals surface area (Å²) >= 11 is 0. The minimum absolute atomic E-state index is 0.270. The van der Waals surface area contributed by atoms with Gasteiger partial charge in [-0.05, 0) is 31.9 Å². The van der Waals surface area contributed by atoms with Crippen molar-refractivity contribution in [2.24, 2.45) is 0 Å². The van der Waals surface area contributed by atoms with Gasteiger partial charge in [-0.2, -0.15) is 0 Å². The second-order valence-electron chi connectivity index (χ2n) is 7.89. The molecule has 1 atom stereocenters. The van der Waals surface area contributed by atoms with Crippen LogP contribution in [0.2, 0.25) is 0 Å². The lowest BCUT2D eigenvalue weighted by molar-refractivity contribution is -1.00. The van der Waals surface area contributed by atoms with Crippen LogP contribution in [0.25, 0.3) is 0 Å². The Labute approximate surface area is 166 Å². The Balaban J connectivity index is 2.00. The lowest BCUT2D eigenvalue weighted by atomic mass is 9.91. The summed E-state index contributed by atoms with van der Waals surface area (Å²) < 4.78 is 5.37. The number of ether oxygens (including phenoxy) is 1. The van der Waals surface area contributed by atoms with Crippen LogP contribution in [0.5, 0.6) is 0 Å². The van der Waals surface area contributed by atoms with Crippen LogP contribution in [0.4, 0.5) is 4.79 Å². The molecule has 4 N–H and O–H groups in total. The van der Waals surface area contributed by atoms with E-state index in [1.54, 1.807) is 6.92 Å². The van der Waals surface area contributed by atoms with E-state index in [4.69, 9.17) is 4.74 Å². The van der Waals surface area contributed by atoms with E-state index in [1.165, 1.54) is 9.80 Å².